The van der Waals surface area contributed by atoms with Gasteiger partial charge in [0, 0.05) is 27.3 Å². The molecular weight excluding hydrogens is 586 g/mol. The number of aliphatic hydroxyl groups excluding tert-OH is 1. The molecule has 0 aliphatic rings. The molecule has 0 aromatic rings. The first-order valence-electron chi connectivity index (χ1n) is 13.2. The van der Waals surface area contributed by atoms with E-state index in [-0.39, 0.29) is 52.8 Å². The van der Waals surface area contributed by atoms with E-state index >= 15 is 0 Å². The molecule has 0 aliphatic carbocycles. The molecule has 1 amide bonds. The van der Waals surface area contributed by atoms with Crippen LogP contribution in [0.5, 0.6) is 0 Å². The highest BCUT2D eigenvalue weighted by atomic mass is 17.2. The van der Waals surface area contributed by atoms with E-state index in [4.69, 9.17) is 48.0 Å². The van der Waals surface area contributed by atoms with E-state index in [9.17, 15) is 33.9 Å². The van der Waals surface area contributed by atoms with Crippen LogP contribution in [-0.4, -0.2) is 143 Å². The Hall–Kier alpha value is -3.26. The summed E-state index contributed by atoms with van der Waals surface area (Å²) in [5, 5.41) is 20.7. The van der Waals surface area contributed by atoms with Crippen LogP contribution < -0.4 is 5.32 Å². The maximum Gasteiger partial charge on any atom is 0.329 e. The summed E-state index contributed by atoms with van der Waals surface area (Å²) in [5.74, 6) is -4.99. The van der Waals surface area contributed by atoms with Gasteiger partial charge in [0.05, 0.1) is 46.2 Å². The number of Topliss-reactive ketones (excluding diaryl/α,β-unsaturated/α-hetero) is 1. The summed E-state index contributed by atoms with van der Waals surface area (Å²) in [6, 6.07) is 0. The van der Waals surface area contributed by atoms with Gasteiger partial charge in [-0.3, -0.25) is 24.0 Å². The third-order valence-corrected chi connectivity index (χ3v) is 4.71. The molecule has 0 fully saturated rings. The predicted octanol–water partition coefficient (Wildman–Crippen LogP) is -2.05. The van der Waals surface area contributed by atoms with Gasteiger partial charge in [0.1, 0.15) is 19.8 Å². The molecule has 4 unspecified atom stereocenters. The number of carboxylic acid groups (broad SMARTS) is 1. The Morgan fingerprint density at radius 2 is 1.26 bits per heavy atom. The largest absolute Gasteiger partial charge is 0.480 e. The molecule has 0 heterocycles. The van der Waals surface area contributed by atoms with Gasteiger partial charge in [-0.05, 0) is 6.92 Å². The number of hydrogen-bond donors (Lipinski definition) is 3. The smallest absolute Gasteiger partial charge is 0.329 e. The molecule has 18 nitrogen and oxygen atoms in total. The van der Waals surface area contributed by atoms with Gasteiger partial charge in [-0.15, -0.1) is 0 Å². The van der Waals surface area contributed by atoms with Crippen molar-refractivity contribution in [3.05, 3.63) is 0 Å². The number of hydrogen-bond acceptors (Lipinski definition) is 16. The Labute approximate surface area is 248 Å². The van der Waals surface area contributed by atoms with Crippen LogP contribution in [0.1, 0.15) is 27.7 Å². The number of carbonyl (C=O) groups is 6. The normalized spacial score (nSPS) is 13.7. The van der Waals surface area contributed by atoms with Crippen molar-refractivity contribution >= 4 is 35.6 Å². The molecule has 43 heavy (non-hydrogen) atoms. The fourth-order valence-corrected chi connectivity index (χ4v) is 3.12. The van der Waals surface area contributed by atoms with Gasteiger partial charge in [-0.1, -0.05) is 0 Å². The lowest BCUT2D eigenvalue weighted by Gasteiger charge is -2.33. The monoisotopic (exact) mass is 627 g/mol. The minimum Gasteiger partial charge on any atom is -0.480 e. The molecule has 3 N–H and O–H groups in total. The lowest BCUT2D eigenvalue weighted by Crippen LogP contribution is -2.55. The number of ketones is 1. The van der Waals surface area contributed by atoms with Gasteiger partial charge in [-0.25, -0.2) is 14.6 Å². The van der Waals surface area contributed by atoms with Gasteiger partial charge >= 0.3 is 23.9 Å². The number of amides is 1. The van der Waals surface area contributed by atoms with E-state index in [0.29, 0.717) is 0 Å². The minimum absolute atomic E-state index is 0.0206. The molecule has 0 rings (SSSR count). The molecule has 248 valence electrons. The van der Waals surface area contributed by atoms with Crippen LogP contribution in [0.4, 0.5) is 0 Å². The Balaban J connectivity index is 4.86. The first kappa shape index (κ1) is 39.7. The summed E-state index contributed by atoms with van der Waals surface area (Å²) in [5.41, 5.74) is 0. The van der Waals surface area contributed by atoms with Crippen molar-refractivity contribution < 1.29 is 81.9 Å². The molecular formula is C25H41NO17. The number of carbonyl (C=O) groups excluding carboxylic acids is 5. The molecule has 0 saturated carbocycles. The number of ether oxygens (including phenoxy) is 7. The summed E-state index contributed by atoms with van der Waals surface area (Å²) in [7, 11) is 0. The minimum atomic E-state index is -1.76. The molecule has 0 aliphatic heterocycles. The number of esters is 3. The van der Waals surface area contributed by atoms with E-state index in [1.54, 1.807) is 6.92 Å². The van der Waals surface area contributed by atoms with Crippen molar-refractivity contribution in [2.75, 3.05) is 72.6 Å². The molecule has 0 radical (unpaired) electrons. The van der Waals surface area contributed by atoms with Crippen LogP contribution in [0.15, 0.2) is 0 Å². The maximum atomic E-state index is 13.0. The Morgan fingerprint density at radius 3 is 1.79 bits per heavy atom. The average Bonchev–Trinajstić information content (AvgIpc) is 2.93. The van der Waals surface area contributed by atoms with Crippen molar-refractivity contribution in [1.82, 2.24) is 5.32 Å². The van der Waals surface area contributed by atoms with E-state index in [1.165, 1.54) is 0 Å². The average molecular weight is 628 g/mol. The van der Waals surface area contributed by atoms with Gasteiger partial charge in [0.15, 0.2) is 24.4 Å². The van der Waals surface area contributed by atoms with Gasteiger partial charge in [0.2, 0.25) is 11.7 Å². The van der Waals surface area contributed by atoms with E-state index in [2.05, 4.69) is 5.32 Å². The van der Waals surface area contributed by atoms with E-state index in [1.807, 2.05) is 0 Å². The fourth-order valence-electron chi connectivity index (χ4n) is 3.12. The second-order valence-corrected chi connectivity index (χ2v) is 8.38. The molecule has 0 bridgehead atoms. The highest BCUT2D eigenvalue weighted by molar-refractivity contribution is 5.87. The summed E-state index contributed by atoms with van der Waals surface area (Å²) in [6.07, 6.45) is -6.56. The van der Waals surface area contributed by atoms with Crippen molar-refractivity contribution in [2.45, 2.75) is 52.1 Å². The molecule has 0 aromatic carbocycles. The quantitative estimate of drug-likeness (QED) is 0.0307. The van der Waals surface area contributed by atoms with Crippen LogP contribution in [0, 0.1) is 0 Å². The zero-order chi connectivity index (χ0) is 32.6. The van der Waals surface area contributed by atoms with Gasteiger partial charge in [0.25, 0.3) is 0 Å². The van der Waals surface area contributed by atoms with Crippen LogP contribution in [-0.2, 0) is 71.7 Å². The lowest BCUT2D eigenvalue weighted by atomic mass is 9.99. The molecule has 0 spiro atoms. The molecule has 18 heteroatoms. The second-order valence-electron chi connectivity index (χ2n) is 8.38. The summed E-state index contributed by atoms with van der Waals surface area (Å²) in [4.78, 5) is 80.3. The van der Waals surface area contributed by atoms with Crippen molar-refractivity contribution in [1.29, 1.82) is 0 Å². The van der Waals surface area contributed by atoms with Crippen molar-refractivity contribution in [3.8, 4) is 0 Å². The first-order chi connectivity index (χ1) is 20.4. The highest BCUT2D eigenvalue weighted by Crippen LogP contribution is 2.20. The van der Waals surface area contributed by atoms with Crippen molar-refractivity contribution in [3.63, 3.8) is 0 Å². The van der Waals surface area contributed by atoms with Crippen LogP contribution in [0.2, 0.25) is 0 Å². The summed E-state index contributed by atoms with van der Waals surface area (Å²) < 4.78 is 35.7. The second kappa shape index (κ2) is 24.2. The number of aliphatic hydroxyl groups is 1. The standard InChI is InChI=1S/C25H41NO17/c1-5-39-43-25(24(42-18(4)30)20(12-27)40-16(2)28)23(41-17(3)29)19(31)13-36-9-8-35-7-6-26-21(32)14-37-10-11-38-15-22(33)34/h20,23-25,27H,5-15H2,1-4H3,(H,26,32)(H,33,34). The van der Waals surface area contributed by atoms with E-state index in [0.717, 1.165) is 20.8 Å². The summed E-state index contributed by atoms with van der Waals surface area (Å²) in [6.45, 7) is 2.70. The number of carboxylic acids is 1. The van der Waals surface area contributed by atoms with Crippen LogP contribution in [0.3, 0.4) is 0 Å². The SMILES string of the molecule is CCOOC(C(OC(C)=O)C(=O)COCCOCCNC(=O)COCCOCC(=O)O)C(OC(C)=O)C(CO)OC(C)=O. The number of rotatable bonds is 26. The van der Waals surface area contributed by atoms with E-state index < -0.39 is 79.8 Å². The Bertz CT molecular complexity index is 867. The Kier molecular flexibility index (Phi) is 22.4. The molecule has 4 atom stereocenters. The highest BCUT2D eigenvalue weighted by Gasteiger charge is 2.45. The topological polar surface area (TPSA) is 238 Å². The molecule has 0 saturated heterocycles. The van der Waals surface area contributed by atoms with Crippen LogP contribution >= 0.6 is 0 Å². The number of nitrogens with one attached hydrogen (secondary N) is 1. The third-order valence-electron chi connectivity index (χ3n) is 4.71. The molecule has 0 aromatic heterocycles. The van der Waals surface area contributed by atoms with Crippen LogP contribution in [0.25, 0.3) is 0 Å². The van der Waals surface area contributed by atoms with Crippen molar-refractivity contribution in [2.24, 2.45) is 0 Å². The number of aliphatic carboxylic acids is 1. The maximum absolute atomic E-state index is 13.0. The zero-order valence-electron chi connectivity index (χ0n) is 24.6. The zero-order valence-corrected chi connectivity index (χ0v) is 24.6. The summed E-state index contributed by atoms with van der Waals surface area (Å²) >= 11 is 0. The fraction of sp³-hybridized carbons (Fsp3) is 0.760. The Morgan fingerprint density at radius 1 is 0.698 bits per heavy atom. The predicted molar refractivity (Wildman–Crippen MR) is 139 cm³/mol. The van der Waals surface area contributed by atoms with Gasteiger partial charge < -0.3 is 48.7 Å². The lowest BCUT2D eigenvalue weighted by molar-refractivity contribution is -0.353. The third kappa shape index (κ3) is 20.3. The van der Waals surface area contributed by atoms with Gasteiger partial charge in [-0.2, -0.15) is 0 Å². The first-order valence-corrected chi connectivity index (χ1v) is 13.2.